The Morgan fingerprint density at radius 2 is 1.65 bits per heavy atom. The smallest absolute Gasteiger partial charge is 0.408 e. The monoisotopic (exact) mass is 470 g/mol. The molecule has 0 saturated heterocycles. The number of aliphatic carboxylic acids is 1. The molecule has 180 valence electrons. The van der Waals surface area contributed by atoms with Crippen molar-refractivity contribution in [3.8, 4) is 5.75 Å². The predicted octanol–water partition coefficient (Wildman–Crippen LogP) is 0.940. The SMILES string of the molecule is O.O=C(NC(Cc1cnc[nH]1)C(=O)N[C@H](Cc1ccc(O)cc1)C(=O)O)OCc1ccccc1. The van der Waals surface area contributed by atoms with E-state index in [4.69, 9.17) is 4.74 Å². The molecule has 11 nitrogen and oxygen atoms in total. The molecule has 11 heteroatoms. The predicted molar refractivity (Wildman–Crippen MR) is 121 cm³/mol. The number of rotatable bonds is 10. The van der Waals surface area contributed by atoms with Crippen LogP contribution in [0.1, 0.15) is 16.8 Å². The number of carbonyl (C=O) groups excluding carboxylic acids is 2. The van der Waals surface area contributed by atoms with Gasteiger partial charge in [0, 0.05) is 24.7 Å². The standard InChI is InChI=1S/C23H24N4O6.H2O/c28-18-8-6-15(7-9-18)10-20(22(30)31)26-21(29)19(11-17-12-24-14-25-17)27-23(32)33-13-16-4-2-1-3-5-16;/h1-9,12,14,19-20,28H,10-11,13H2,(H,24,25)(H,26,29)(H,27,32)(H,30,31);1H2/t19?,20-;/m1./s1. The first-order valence-corrected chi connectivity index (χ1v) is 10.2. The lowest BCUT2D eigenvalue weighted by Gasteiger charge is -2.21. The third kappa shape index (κ3) is 7.95. The highest BCUT2D eigenvalue weighted by atomic mass is 16.5. The van der Waals surface area contributed by atoms with Crippen molar-refractivity contribution in [1.82, 2.24) is 20.6 Å². The van der Waals surface area contributed by atoms with E-state index < -0.39 is 30.1 Å². The number of imidazole rings is 1. The van der Waals surface area contributed by atoms with E-state index in [1.807, 2.05) is 18.2 Å². The van der Waals surface area contributed by atoms with Crippen LogP contribution in [0.2, 0.25) is 0 Å². The molecule has 0 radical (unpaired) electrons. The van der Waals surface area contributed by atoms with E-state index in [-0.39, 0.29) is 30.7 Å². The number of nitrogens with zero attached hydrogens (tertiary/aromatic N) is 1. The fraction of sp³-hybridized carbons (Fsp3) is 0.217. The summed E-state index contributed by atoms with van der Waals surface area (Å²) in [7, 11) is 0. The molecule has 34 heavy (non-hydrogen) atoms. The van der Waals surface area contributed by atoms with Gasteiger partial charge in [-0.15, -0.1) is 0 Å². The second-order valence-corrected chi connectivity index (χ2v) is 7.31. The average molecular weight is 470 g/mol. The second kappa shape index (κ2) is 12.6. The Balaban J connectivity index is 0.00000408. The molecule has 1 aromatic heterocycles. The number of phenols is 1. The molecule has 2 aromatic carbocycles. The average Bonchev–Trinajstić information content (AvgIpc) is 3.32. The van der Waals surface area contributed by atoms with Crippen LogP contribution in [0.25, 0.3) is 0 Å². The number of ether oxygens (including phenoxy) is 1. The van der Waals surface area contributed by atoms with Gasteiger partial charge in [0.15, 0.2) is 0 Å². The topological polar surface area (TPSA) is 185 Å². The van der Waals surface area contributed by atoms with Gasteiger partial charge >= 0.3 is 12.1 Å². The minimum atomic E-state index is -1.24. The number of carboxylic acids is 1. The minimum Gasteiger partial charge on any atom is -0.508 e. The van der Waals surface area contributed by atoms with Gasteiger partial charge in [0.05, 0.1) is 6.33 Å². The molecule has 1 unspecified atom stereocenters. The first-order chi connectivity index (χ1) is 15.9. The van der Waals surface area contributed by atoms with Crippen molar-refractivity contribution in [3.63, 3.8) is 0 Å². The molecule has 7 N–H and O–H groups in total. The Hall–Kier alpha value is -4.38. The summed E-state index contributed by atoms with van der Waals surface area (Å²) >= 11 is 0. The molecule has 0 aliphatic carbocycles. The third-order valence-electron chi connectivity index (χ3n) is 4.79. The lowest BCUT2D eigenvalue weighted by molar-refractivity contribution is -0.142. The number of aromatic nitrogens is 2. The lowest BCUT2D eigenvalue weighted by atomic mass is 10.0. The molecule has 1 heterocycles. The van der Waals surface area contributed by atoms with Gasteiger partial charge in [0.25, 0.3) is 0 Å². The van der Waals surface area contributed by atoms with Crippen LogP contribution in [0.4, 0.5) is 4.79 Å². The number of aromatic amines is 1. The number of amides is 2. The summed E-state index contributed by atoms with van der Waals surface area (Å²) in [6.45, 7) is 0.0175. The van der Waals surface area contributed by atoms with Gasteiger partial charge < -0.3 is 36.0 Å². The first kappa shape index (κ1) is 25.9. The lowest BCUT2D eigenvalue weighted by Crippen LogP contribution is -2.53. The fourth-order valence-corrected chi connectivity index (χ4v) is 3.07. The normalized spacial score (nSPS) is 12.0. The molecule has 3 rings (SSSR count). The van der Waals surface area contributed by atoms with Crippen molar-refractivity contribution in [2.75, 3.05) is 0 Å². The molecule has 2 atom stereocenters. The number of benzene rings is 2. The number of phenolic OH excluding ortho intramolecular Hbond substituents is 1. The molecule has 0 bridgehead atoms. The zero-order valence-electron chi connectivity index (χ0n) is 18.1. The Morgan fingerprint density at radius 1 is 0.941 bits per heavy atom. The van der Waals surface area contributed by atoms with Gasteiger partial charge in [-0.1, -0.05) is 42.5 Å². The van der Waals surface area contributed by atoms with E-state index in [0.717, 1.165) is 5.56 Å². The zero-order chi connectivity index (χ0) is 23.6. The van der Waals surface area contributed by atoms with Crippen molar-refractivity contribution in [1.29, 1.82) is 0 Å². The van der Waals surface area contributed by atoms with Crippen LogP contribution >= 0.6 is 0 Å². The van der Waals surface area contributed by atoms with E-state index in [1.165, 1.54) is 24.7 Å². The van der Waals surface area contributed by atoms with Crippen LogP contribution in [0.3, 0.4) is 0 Å². The Bertz CT molecular complexity index is 1060. The van der Waals surface area contributed by atoms with Crippen molar-refractivity contribution in [2.24, 2.45) is 0 Å². The number of alkyl carbamates (subject to hydrolysis) is 1. The van der Waals surface area contributed by atoms with Gasteiger partial charge in [-0.25, -0.2) is 14.6 Å². The van der Waals surface area contributed by atoms with Crippen LogP contribution < -0.4 is 10.6 Å². The first-order valence-electron chi connectivity index (χ1n) is 10.2. The maximum atomic E-state index is 12.9. The van der Waals surface area contributed by atoms with Gasteiger partial charge in [-0.05, 0) is 23.3 Å². The van der Waals surface area contributed by atoms with Crippen molar-refractivity contribution in [2.45, 2.75) is 31.5 Å². The van der Waals surface area contributed by atoms with Crippen LogP contribution in [0.5, 0.6) is 5.75 Å². The Labute approximate surface area is 195 Å². The van der Waals surface area contributed by atoms with Gasteiger partial charge in [-0.3, -0.25) is 4.79 Å². The molecular formula is C23H26N4O7. The molecule has 0 aliphatic rings. The van der Waals surface area contributed by atoms with Crippen molar-refractivity contribution in [3.05, 3.63) is 83.9 Å². The maximum absolute atomic E-state index is 12.9. The van der Waals surface area contributed by atoms with Crippen LogP contribution in [0.15, 0.2) is 67.1 Å². The number of aromatic hydroxyl groups is 1. The Morgan fingerprint density at radius 3 is 2.26 bits per heavy atom. The van der Waals surface area contributed by atoms with Gasteiger partial charge in [-0.2, -0.15) is 0 Å². The number of nitrogens with one attached hydrogen (secondary N) is 3. The molecule has 0 fully saturated rings. The number of hydrogen-bond acceptors (Lipinski definition) is 6. The highest BCUT2D eigenvalue weighted by molar-refractivity contribution is 5.89. The van der Waals surface area contributed by atoms with Crippen molar-refractivity contribution >= 4 is 18.0 Å². The summed E-state index contributed by atoms with van der Waals surface area (Å²) in [6, 6.07) is 12.7. The summed E-state index contributed by atoms with van der Waals surface area (Å²) in [5.74, 6) is -1.87. The maximum Gasteiger partial charge on any atom is 0.408 e. The molecule has 0 spiro atoms. The van der Waals surface area contributed by atoms with E-state index in [2.05, 4.69) is 20.6 Å². The van der Waals surface area contributed by atoms with Crippen molar-refractivity contribution < 1.29 is 34.8 Å². The summed E-state index contributed by atoms with van der Waals surface area (Å²) in [6.07, 6.45) is 2.17. The van der Waals surface area contributed by atoms with Gasteiger partial charge in [0.1, 0.15) is 24.4 Å². The van der Waals surface area contributed by atoms with E-state index in [0.29, 0.717) is 11.3 Å². The number of hydrogen-bond donors (Lipinski definition) is 5. The quantitative estimate of drug-likeness (QED) is 0.292. The molecular weight excluding hydrogens is 444 g/mol. The molecule has 2 amide bonds. The van der Waals surface area contributed by atoms with E-state index >= 15 is 0 Å². The highest BCUT2D eigenvalue weighted by Crippen LogP contribution is 2.12. The van der Waals surface area contributed by atoms with Crippen LogP contribution in [-0.2, 0) is 33.8 Å². The van der Waals surface area contributed by atoms with Crippen LogP contribution in [0, 0.1) is 0 Å². The largest absolute Gasteiger partial charge is 0.508 e. The molecule has 3 aromatic rings. The Kier molecular flexibility index (Phi) is 9.59. The number of H-pyrrole nitrogens is 1. The second-order valence-electron chi connectivity index (χ2n) is 7.31. The van der Waals surface area contributed by atoms with Gasteiger partial charge in [0.2, 0.25) is 5.91 Å². The summed E-state index contributed by atoms with van der Waals surface area (Å²) in [5.41, 5.74) is 1.96. The molecule has 0 aliphatic heterocycles. The minimum absolute atomic E-state index is 0. The third-order valence-corrected chi connectivity index (χ3v) is 4.79. The molecule has 0 saturated carbocycles. The zero-order valence-corrected chi connectivity index (χ0v) is 18.1. The van der Waals surface area contributed by atoms with E-state index in [9.17, 15) is 24.6 Å². The number of carbonyl (C=O) groups is 3. The fourth-order valence-electron chi connectivity index (χ4n) is 3.07. The number of carboxylic acid groups (broad SMARTS) is 1. The summed E-state index contributed by atoms with van der Waals surface area (Å²) < 4.78 is 5.19. The van der Waals surface area contributed by atoms with Crippen LogP contribution in [-0.4, -0.2) is 55.7 Å². The summed E-state index contributed by atoms with van der Waals surface area (Å²) in [5, 5.41) is 23.9. The highest BCUT2D eigenvalue weighted by Gasteiger charge is 2.28. The van der Waals surface area contributed by atoms with E-state index in [1.54, 1.807) is 24.3 Å². The summed E-state index contributed by atoms with van der Waals surface area (Å²) in [4.78, 5) is 43.7.